The van der Waals surface area contributed by atoms with E-state index >= 15 is 0 Å². The van der Waals surface area contributed by atoms with Crippen molar-refractivity contribution in [1.82, 2.24) is 9.55 Å². The predicted molar refractivity (Wildman–Crippen MR) is 127 cm³/mol. The highest BCUT2D eigenvalue weighted by molar-refractivity contribution is 5.96. The van der Waals surface area contributed by atoms with Crippen LogP contribution in [0.5, 0.6) is 5.75 Å². The van der Waals surface area contributed by atoms with Crippen molar-refractivity contribution in [2.75, 3.05) is 18.6 Å². The third-order valence-corrected chi connectivity index (χ3v) is 6.37. The number of fused-ring (bicyclic) bond motifs is 1. The number of hydrogen-bond donors (Lipinski definition) is 0. The molecule has 0 N–H and O–H groups in total. The number of hydrogen-bond acceptors (Lipinski definition) is 3. The summed E-state index contributed by atoms with van der Waals surface area (Å²) in [6.45, 7) is 5.63. The van der Waals surface area contributed by atoms with Gasteiger partial charge in [0.1, 0.15) is 11.6 Å². The van der Waals surface area contributed by atoms with Gasteiger partial charge in [-0.05, 0) is 49.2 Å². The van der Waals surface area contributed by atoms with Crippen molar-refractivity contribution in [3.63, 3.8) is 0 Å². The molecular weight excluding hydrogens is 398 g/mol. The van der Waals surface area contributed by atoms with Gasteiger partial charge in [0.05, 0.1) is 18.1 Å². The van der Waals surface area contributed by atoms with Crippen LogP contribution in [-0.2, 0) is 11.3 Å². The number of anilines is 1. The van der Waals surface area contributed by atoms with Gasteiger partial charge in [-0.15, -0.1) is 0 Å². The van der Waals surface area contributed by atoms with Crippen molar-refractivity contribution in [1.29, 1.82) is 0 Å². The van der Waals surface area contributed by atoms with Gasteiger partial charge >= 0.3 is 0 Å². The summed E-state index contributed by atoms with van der Waals surface area (Å²) in [6, 6.07) is 22.5. The third kappa shape index (κ3) is 3.64. The molecule has 1 aliphatic rings. The van der Waals surface area contributed by atoms with Crippen LogP contribution in [0.2, 0.25) is 0 Å². The normalized spacial score (nSPS) is 16.2. The molecule has 1 aliphatic heterocycles. The molecule has 0 unspecified atom stereocenters. The Morgan fingerprint density at radius 1 is 1.03 bits per heavy atom. The van der Waals surface area contributed by atoms with Crippen molar-refractivity contribution in [3.05, 3.63) is 89.2 Å². The maximum absolute atomic E-state index is 13.0. The van der Waals surface area contributed by atoms with Crippen LogP contribution in [0.1, 0.15) is 34.9 Å². The number of para-hydroxylation sites is 2. The smallest absolute Gasteiger partial charge is 0.227 e. The molecule has 0 spiro atoms. The van der Waals surface area contributed by atoms with Crippen LogP contribution >= 0.6 is 0 Å². The summed E-state index contributed by atoms with van der Waals surface area (Å²) in [5.74, 6) is 1.88. The van der Waals surface area contributed by atoms with Gasteiger partial charge in [-0.25, -0.2) is 4.98 Å². The summed E-state index contributed by atoms with van der Waals surface area (Å²) in [5, 5.41) is 0. The Balaban J connectivity index is 1.53. The molecule has 0 radical (unpaired) electrons. The van der Waals surface area contributed by atoms with E-state index in [1.54, 1.807) is 7.11 Å². The highest BCUT2D eigenvalue weighted by atomic mass is 16.5. The van der Waals surface area contributed by atoms with Crippen molar-refractivity contribution in [2.45, 2.75) is 32.7 Å². The average molecular weight is 426 g/mol. The summed E-state index contributed by atoms with van der Waals surface area (Å²) < 4.78 is 7.65. The molecule has 32 heavy (non-hydrogen) atoms. The number of ether oxygens (including phenoxy) is 1. The Morgan fingerprint density at radius 2 is 1.88 bits per heavy atom. The predicted octanol–water partition coefficient (Wildman–Crippen LogP) is 5.23. The molecule has 0 aliphatic carbocycles. The molecule has 0 saturated carbocycles. The van der Waals surface area contributed by atoms with E-state index in [0.29, 0.717) is 13.0 Å². The summed E-state index contributed by atoms with van der Waals surface area (Å²) in [5.41, 5.74) is 6.74. The molecule has 1 fully saturated rings. The van der Waals surface area contributed by atoms with Crippen LogP contribution in [0, 0.1) is 13.8 Å². The minimum atomic E-state index is 0.0335. The third-order valence-electron chi connectivity index (χ3n) is 6.37. The first kappa shape index (κ1) is 20.3. The first-order valence-corrected chi connectivity index (χ1v) is 11.0. The van der Waals surface area contributed by atoms with E-state index in [-0.39, 0.29) is 11.8 Å². The number of nitrogens with zero attached hydrogens (tertiary/aromatic N) is 3. The highest BCUT2D eigenvalue weighted by Gasteiger charge is 2.35. The van der Waals surface area contributed by atoms with Crippen molar-refractivity contribution in [3.8, 4) is 5.75 Å². The van der Waals surface area contributed by atoms with Crippen molar-refractivity contribution < 1.29 is 9.53 Å². The van der Waals surface area contributed by atoms with E-state index < -0.39 is 0 Å². The number of imidazole rings is 1. The van der Waals surface area contributed by atoms with E-state index in [1.807, 2.05) is 35.2 Å². The Kier molecular flexibility index (Phi) is 5.17. The van der Waals surface area contributed by atoms with Gasteiger partial charge in [0, 0.05) is 37.2 Å². The van der Waals surface area contributed by atoms with Crippen molar-refractivity contribution >= 4 is 22.6 Å². The van der Waals surface area contributed by atoms with Crippen LogP contribution in [0.15, 0.2) is 66.7 Å². The van der Waals surface area contributed by atoms with Gasteiger partial charge in [0.25, 0.3) is 0 Å². The lowest BCUT2D eigenvalue weighted by atomic mass is 10.0. The number of rotatable bonds is 5. The van der Waals surface area contributed by atoms with Crippen LogP contribution in [0.25, 0.3) is 11.0 Å². The summed E-state index contributed by atoms with van der Waals surface area (Å²) in [4.78, 5) is 19.8. The van der Waals surface area contributed by atoms with E-state index in [9.17, 15) is 4.79 Å². The maximum atomic E-state index is 13.0. The maximum Gasteiger partial charge on any atom is 0.227 e. The molecule has 1 saturated heterocycles. The second-order valence-electron chi connectivity index (χ2n) is 8.58. The zero-order valence-corrected chi connectivity index (χ0v) is 18.7. The topological polar surface area (TPSA) is 47.4 Å². The molecule has 0 bridgehead atoms. The second kappa shape index (κ2) is 8.15. The summed E-state index contributed by atoms with van der Waals surface area (Å²) in [7, 11) is 1.64. The Hall–Kier alpha value is -3.60. The molecule has 5 heteroatoms. The van der Waals surface area contributed by atoms with Gasteiger partial charge in [0.15, 0.2) is 0 Å². The molecule has 162 valence electrons. The lowest BCUT2D eigenvalue weighted by Gasteiger charge is -2.18. The molecule has 5 nitrogen and oxygen atoms in total. The Morgan fingerprint density at radius 3 is 2.72 bits per heavy atom. The summed E-state index contributed by atoms with van der Waals surface area (Å²) >= 11 is 0. The van der Waals surface area contributed by atoms with Gasteiger partial charge in [0.2, 0.25) is 5.91 Å². The minimum Gasteiger partial charge on any atom is -0.497 e. The monoisotopic (exact) mass is 425 g/mol. The van der Waals surface area contributed by atoms with Crippen LogP contribution < -0.4 is 9.64 Å². The van der Waals surface area contributed by atoms with Crippen LogP contribution in [-0.4, -0.2) is 29.1 Å². The fourth-order valence-electron chi connectivity index (χ4n) is 4.62. The SMILES string of the molecule is COc1cccc(N2C[C@@H](c3nc4ccccc4n3Cc3cc(C)ccc3C)CC2=O)c1. The van der Waals surface area contributed by atoms with Crippen LogP contribution in [0.4, 0.5) is 5.69 Å². The number of aryl methyl sites for hydroxylation is 2. The minimum absolute atomic E-state index is 0.0335. The molecule has 5 rings (SSSR count). The quantitative estimate of drug-likeness (QED) is 0.440. The highest BCUT2D eigenvalue weighted by Crippen LogP contribution is 2.34. The number of carbonyl (C=O) groups is 1. The zero-order valence-electron chi connectivity index (χ0n) is 18.7. The fraction of sp³-hybridized carbons (Fsp3) is 0.259. The molecule has 1 aromatic heterocycles. The number of aromatic nitrogens is 2. The van der Waals surface area contributed by atoms with E-state index in [2.05, 4.69) is 54.8 Å². The number of methoxy groups -OCH3 is 1. The second-order valence-corrected chi connectivity index (χ2v) is 8.58. The first-order valence-electron chi connectivity index (χ1n) is 11.0. The number of benzene rings is 3. The summed E-state index contributed by atoms with van der Waals surface area (Å²) in [6.07, 6.45) is 0.452. The fourth-order valence-corrected chi connectivity index (χ4v) is 4.62. The molecule has 4 aromatic rings. The van der Waals surface area contributed by atoms with Gasteiger partial charge in [-0.1, -0.05) is 42.0 Å². The number of amides is 1. The number of carbonyl (C=O) groups excluding carboxylic acids is 1. The molecule has 2 heterocycles. The molecule has 3 aromatic carbocycles. The average Bonchev–Trinajstić information content (AvgIpc) is 3.37. The van der Waals surface area contributed by atoms with E-state index in [0.717, 1.165) is 34.8 Å². The van der Waals surface area contributed by atoms with Crippen LogP contribution in [0.3, 0.4) is 0 Å². The molecule has 1 atom stereocenters. The van der Waals surface area contributed by atoms with E-state index in [4.69, 9.17) is 9.72 Å². The largest absolute Gasteiger partial charge is 0.497 e. The standard InChI is InChI=1S/C27H27N3O2/c1-18-11-12-19(2)20(13-18)16-30-25-10-5-4-9-24(25)28-27(30)21-14-26(31)29(17-21)22-7-6-8-23(15-22)32-3/h4-13,15,21H,14,16-17H2,1-3H3/t21-/m0/s1. The Labute approximate surface area is 188 Å². The molecular formula is C27H27N3O2. The van der Waals surface area contributed by atoms with Gasteiger partial charge in [-0.2, -0.15) is 0 Å². The van der Waals surface area contributed by atoms with Crippen molar-refractivity contribution in [2.24, 2.45) is 0 Å². The van der Waals surface area contributed by atoms with Gasteiger partial charge < -0.3 is 14.2 Å². The Bertz CT molecular complexity index is 1310. The zero-order chi connectivity index (χ0) is 22.2. The lowest BCUT2D eigenvalue weighted by molar-refractivity contribution is -0.117. The first-order chi connectivity index (χ1) is 15.5. The molecule has 1 amide bonds. The van der Waals surface area contributed by atoms with Gasteiger partial charge in [-0.3, -0.25) is 4.79 Å². The van der Waals surface area contributed by atoms with E-state index in [1.165, 1.54) is 16.7 Å². The lowest BCUT2D eigenvalue weighted by Crippen LogP contribution is -2.24.